The van der Waals surface area contributed by atoms with Crippen LogP contribution >= 0.6 is 0 Å². The molecule has 1 saturated heterocycles. The summed E-state index contributed by atoms with van der Waals surface area (Å²) in [7, 11) is 0. The van der Waals surface area contributed by atoms with E-state index in [4.69, 9.17) is 10.8 Å². The van der Waals surface area contributed by atoms with Crippen molar-refractivity contribution in [2.24, 2.45) is 0 Å². The fraction of sp³-hybridized carbons (Fsp3) is 0.625. The fourth-order valence-corrected chi connectivity index (χ4v) is 3.05. The first kappa shape index (κ1) is 15.3. The Bertz CT molecular complexity index is 409. The third-order valence-electron chi connectivity index (χ3n) is 4.20. The summed E-state index contributed by atoms with van der Waals surface area (Å²) < 4.78 is 0. The first-order valence-corrected chi connectivity index (χ1v) is 7.59. The van der Waals surface area contributed by atoms with Gasteiger partial charge < -0.3 is 20.8 Å². The average molecular weight is 278 g/mol. The second kappa shape index (κ2) is 7.62. The Morgan fingerprint density at radius 1 is 1.35 bits per heavy atom. The number of hydrogen-bond donors (Lipinski definition) is 3. The van der Waals surface area contributed by atoms with E-state index in [0.29, 0.717) is 18.2 Å². The topological polar surface area (TPSA) is 69.7 Å². The van der Waals surface area contributed by atoms with Gasteiger partial charge in [-0.25, -0.2) is 0 Å². The summed E-state index contributed by atoms with van der Waals surface area (Å²) in [4.78, 5) is 2.41. The molecule has 2 rings (SSSR count). The molecule has 0 bridgehead atoms. The normalized spacial score (nSPS) is 21.8. The number of anilines is 1. The van der Waals surface area contributed by atoms with Crippen molar-refractivity contribution in [1.29, 1.82) is 0 Å². The maximum atomic E-state index is 10.3. The van der Waals surface area contributed by atoms with E-state index in [0.717, 1.165) is 31.5 Å². The lowest BCUT2D eigenvalue weighted by molar-refractivity contribution is 0.0891. The second-order valence-corrected chi connectivity index (χ2v) is 5.67. The molecule has 4 heteroatoms. The van der Waals surface area contributed by atoms with Crippen LogP contribution in [-0.2, 0) is 0 Å². The predicted octanol–water partition coefficient (Wildman–Crippen LogP) is 1.93. The number of aliphatic hydroxyl groups excluding tert-OH is 2. The van der Waals surface area contributed by atoms with Crippen molar-refractivity contribution < 1.29 is 10.2 Å². The molecule has 0 spiro atoms. The minimum atomic E-state index is -0.463. The van der Waals surface area contributed by atoms with E-state index in [1.54, 1.807) is 0 Å². The molecule has 4 N–H and O–H groups in total. The molecule has 2 atom stereocenters. The van der Waals surface area contributed by atoms with Crippen LogP contribution in [0.15, 0.2) is 24.3 Å². The van der Waals surface area contributed by atoms with Gasteiger partial charge in [-0.2, -0.15) is 0 Å². The molecule has 0 saturated carbocycles. The highest BCUT2D eigenvalue weighted by Gasteiger charge is 2.22. The summed E-state index contributed by atoms with van der Waals surface area (Å²) in [5, 5.41) is 19.4. The molecule has 112 valence electrons. The van der Waals surface area contributed by atoms with Crippen molar-refractivity contribution in [3.63, 3.8) is 0 Å². The van der Waals surface area contributed by atoms with Gasteiger partial charge in [0.2, 0.25) is 0 Å². The van der Waals surface area contributed by atoms with Crippen molar-refractivity contribution in [3.8, 4) is 0 Å². The molecule has 1 aliphatic rings. The molecule has 4 nitrogen and oxygen atoms in total. The van der Waals surface area contributed by atoms with Crippen LogP contribution in [0.2, 0.25) is 0 Å². The maximum absolute atomic E-state index is 10.3. The van der Waals surface area contributed by atoms with Crippen LogP contribution in [-0.4, -0.2) is 40.9 Å². The third kappa shape index (κ3) is 4.20. The minimum absolute atomic E-state index is 0.249. The van der Waals surface area contributed by atoms with Gasteiger partial charge >= 0.3 is 0 Å². The standard InChI is InChI=1S/C16H26N2O2/c17-14-5-3-4-13(12-14)16(20)7-10-18-9-2-1-6-15(18)8-11-19/h3-5,12,15-16,19-20H,1-2,6-11,17H2. The number of nitrogen functional groups attached to an aromatic ring is 1. The summed E-state index contributed by atoms with van der Waals surface area (Å²) in [6.07, 6.45) is 4.72. The molecule has 0 aromatic heterocycles. The lowest BCUT2D eigenvalue weighted by Gasteiger charge is -2.36. The SMILES string of the molecule is Nc1cccc(C(O)CCN2CCCCC2CCO)c1. The molecule has 1 aromatic rings. The van der Waals surface area contributed by atoms with Crippen LogP contribution < -0.4 is 5.73 Å². The van der Waals surface area contributed by atoms with Gasteiger partial charge in [0, 0.05) is 24.9 Å². The van der Waals surface area contributed by atoms with Crippen LogP contribution in [0.1, 0.15) is 43.8 Å². The van der Waals surface area contributed by atoms with E-state index in [2.05, 4.69) is 4.90 Å². The Hall–Kier alpha value is -1.10. The molecule has 1 heterocycles. The van der Waals surface area contributed by atoms with Crippen LogP contribution in [0, 0.1) is 0 Å². The molecule has 20 heavy (non-hydrogen) atoms. The second-order valence-electron chi connectivity index (χ2n) is 5.67. The summed E-state index contributed by atoms with van der Waals surface area (Å²) in [5.41, 5.74) is 7.33. The van der Waals surface area contributed by atoms with E-state index in [1.807, 2.05) is 24.3 Å². The minimum Gasteiger partial charge on any atom is -0.399 e. The van der Waals surface area contributed by atoms with Gasteiger partial charge in [0.25, 0.3) is 0 Å². The zero-order valence-electron chi connectivity index (χ0n) is 12.0. The number of piperidine rings is 1. The molecule has 1 fully saturated rings. The lowest BCUT2D eigenvalue weighted by atomic mass is 9.98. The van der Waals surface area contributed by atoms with E-state index in [-0.39, 0.29) is 6.61 Å². The Labute approximate surface area is 121 Å². The largest absolute Gasteiger partial charge is 0.399 e. The van der Waals surface area contributed by atoms with E-state index in [9.17, 15) is 5.11 Å². The summed E-state index contributed by atoms with van der Waals surface area (Å²) in [5.74, 6) is 0. The summed E-state index contributed by atoms with van der Waals surface area (Å²) in [6, 6.07) is 7.94. The highest BCUT2D eigenvalue weighted by atomic mass is 16.3. The highest BCUT2D eigenvalue weighted by molar-refractivity contribution is 5.41. The van der Waals surface area contributed by atoms with Crippen LogP contribution in [0.25, 0.3) is 0 Å². The van der Waals surface area contributed by atoms with Gasteiger partial charge in [-0.3, -0.25) is 0 Å². The number of nitrogens with zero attached hydrogens (tertiary/aromatic N) is 1. The monoisotopic (exact) mass is 278 g/mol. The predicted molar refractivity (Wildman–Crippen MR) is 81.3 cm³/mol. The van der Waals surface area contributed by atoms with E-state index < -0.39 is 6.10 Å². The zero-order valence-corrected chi connectivity index (χ0v) is 12.0. The number of aliphatic hydroxyl groups is 2. The van der Waals surface area contributed by atoms with Crippen LogP contribution in [0.4, 0.5) is 5.69 Å². The maximum Gasteiger partial charge on any atom is 0.0803 e. The molecule has 0 amide bonds. The fourth-order valence-electron chi connectivity index (χ4n) is 3.05. The van der Waals surface area contributed by atoms with Gasteiger partial charge in [-0.15, -0.1) is 0 Å². The first-order valence-electron chi connectivity index (χ1n) is 7.59. The molecular formula is C16H26N2O2. The van der Waals surface area contributed by atoms with Crippen molar-refractivity contribution in [2.45, 2.75) is 44.2 Å². The highest BCUT2D eigenvalue weighted by Crippen LogP contribution is 2.23. The number of benzene rings is 1. The summed E-state index contributed by atoms with van der Waals surface area (Å²) >= 11 is 0. The van der Waals surface area contributed by atoms with E-state index >= 15 is 0 Å². The Balaban J connectivity index is 1.86. The third-order valence-corrected chi connectivity index (χ3v) is 4.20. The number of rotatable bonds is 6. The average Bonchev–Trinajstić information content (AvgIpc) is 2.46. The number of hydrogen-bond acceptors (Lipinski definition) is 4. The molecule has 0 radical (unpaired) electrons. The molecule has 1 aromatic carbocycles. The van der Waals surface area contributed by atoms with Crippen molar-refractivity contribution in [2.75, 3.05) is 25.4 Å². The Kier molecular flexibility index (Phi) is 5.83. The molecular weight excluding hydrogens is 252 g/mol. The first-order chi connectivity index (χ1) is 9.70. The molecule has 1 aliphatic heterocycles. The van der Waals surface area contributed by atoms with Crippen molar-refractivity contribution in [3.05, 3.63) is 29.8 Å². The van der Waals surface area contributed by atoms with Gasteiger partial charge in [-0.1, -0.05) is 18.6 Å². The number of likely N-dealkylation sites (tertiary alicyclic amines) is 1. The zero-order chi connectivity index (χ0) is 14.4. The van der Waals surface area contributed by atoms with Crippen molar-refractivity contribution >= 4 is 5.69 Å². The van der Waals surface area contributed by atoms with Crippen LogP contribution in [0.5, 0.6) is 0 Å². The Morgan fingerprint density at radius 3 is 2.95 bits per heavy atom. The lowest BCUT2D eigenvalue weighted by Crippen LogP contribution is -2.41. The van der Waals surface area contributed by atoms with Gasteiger partial charge in [0.1, 0.15) is 0 Å². The molecule has 2 unspecified atom stereocenters. The Morgan fingerprint density at radius 2 is 2.20 bits per heavy atom. The van der Waals surface area contributed by atoms with Crippen LogP contribution in [0.3, 0.4) is 0 Å². The van der Waals surface area contributed by atoms with E-state index in [1.165, 1.54) is 12.8 Å². The van der Waals surface area contributed by atoms with Gasteiger partial charge in [0.15, 0.2) is 0 Å². The van der Waals surface area contributed by atoms with Crippen molar-refractivity contribution in [1.82, 2.24) is 4.90 Å². The molecule has 0 aliphatic carbocycles. The quantitative estimate of drug-likeness (QED) is 0.695. The van der Waals surface area contributed by atoms with Gasteiger partial charge in [-0.05, 0) is 49.9 Å². The smallest absolute Gasteiger partial charge is 0.0803 e. The summed E-state index contributed by atoms with van der Waals surface area (Å²) in [6.45, 7) is 2.20. The number of nitrogens with two attached hydrogens (primary N) is 1. The van der Waals surface area contributed by atoms with Gasteiger partial charge in [0.05, 0.1) is 6.10 Å².